The number of ether oxygens (including phenoxy) is 1. The fraction of sp³-hybridized carbons (Fsp3) is 0.647. The molecule has 2 saturated carbocycles. The summed E-state index contributed by atoms with van der Waals surface area (Å²) in [6.45, 7) is 2.27. The summed E-state index contributed by atoms with van der Waals surface area (Å²) in [7, 11) is 0. The SMILES string of the molecule is CCCCCCCCC[C@H]1CC[C@H]([C@H]2CC[C@H](c3ccc(C(F)(F)Oc4cc(F)c(F)c(F)c4)cc3)CC2)CC1. The first kappa shape index (κ1) is 30.8. The van der Waals surface area contributed by atoms with Crippen LogP contribution in [0.3, 0.4) is 0 Å². The summed E-state index contributed by atoms with van der Waals surface area (Å²) in [6.07, 6.45) is 17.3. The zero-order valence-corrected chi connectivity index (χ0v) is 23.9. The Kier molecular flexibility index (Phi) is 11.3. The Morgan fingerprint density at radius 3 is 1.80 bits per heavy atom. The van der Waals surface area contributed by atoms with Gasteiger partial charge in [-0.25, -0.2) is 13.2 Å². The van der Waals surface area contributed by atoms with Crippen molar-refractivity contribution >= 4 is 0 Å². The van der Waals surface area contributed by atoms with Gasteiger partial charge in [0.2, 0.25) is 0 Å². The third-order valence-electron chi connectivity index (χ3n) is 9.47. The van der Waals surface area contributed by atoms with Gasteiger partial charge in [-0.3, -0.25) is 0 Å². The van der Waals surface area contributed by atoms with Gasteiger partial charge in [0.25, 0.3) is 0 Å². The van der Waals surface area contributed by atoms with Crippen molar-refractivity contribution in [3.63, 3.8) is 0 Å². The van der Waals surface area contributed by atoms with Crippen molar-refractivity contribution in [1.82, 2.24) is 0 Å². The fourth-order valence-electron chi connectivity index (χ4n) is 7.01. The second-order valence-corrected chi connectivity index (χ2v) is 12.2. The van der Waals surface area contributed by atoms with Crippen molar-refractivity contribution in [3.05, 3.63) is 65.0 Å². The lowest BCUT2D eigenvalue weighted by atomic mass is 9.68. The van der Waals surface area contributed by atoms with Gasteiger partial charge in [-0.1, -0.05) is 83.3 Å². The van der Waals surface area contributed by atoms with Gasteiger partial charge in [0.15, 0.2) is 17.5 Å². The van der Waals surface area contributed by atoms with Gasteiger partial charge in [0.05, 0.1) is 5.56 Å². The van der Waals surface area contributed by atoms with Crippen molar-refractivity contribution in [2.24, 2.45) is 17.8 Å². The number of unbranched alkanes of at least 4 members (excludes halogenated alkanes) is 6. The minimum atomic E-state index is -3.81. The molecule has 2 aliphatic rings. The largest absolute Gasteiger partial charge is 0.429 e. The first-order valence-electron chi connectivity index (χ1n) is 15.6. The maximum Gasteiger partial charge on any atom is 0.426 e. The predicted molar refractivity (Wildman–Crippen MR) is 150 cm³/mol. The quantitative estimate of drug-likeness (QED) is 0.134. The highest BCUT2D eigenvalue weighted by Gasteiger charge is 2.36. The summed E-state index contributed by atoms with van der Waals surface area (Å²) in [5, 5.41) is 0. The summed E-state index contributed by atoms with van der Waals surface area (Å²) in [6, 6.07) is 6.87. The van der Waals surface area contributed by atoms with E-state index in [1.54, 1.807) is 12.1 Å². The van der Waals surface area contributed by atoms with Crippen LogP contribution in [0.4, 0.5) is 22.0 Å². The molecular formula is C34H45F5O. The minimum absolute atomic E-state index is 0.355. The standard InChI is InChI=1S/C34H45F5O/c1-2-3-4-5-6-7-8-9-24-10-12-25(13-11-24)26-14-16-27(17-15-26)28-18-20-29(21-19-28)34(38,39)40-30-22-31(35)33(37)32(36)23-30/h18-27H,2-17H2,1H3/t24-,25-,26-,27-. The molecule has 0 aromatic heterocycles. The van der Waals surface area contributed by atoms with Crippen LogP contribution in [-0.2, 0) is 6.11 Å². The predicted octanol–water partition coefficient (Wildman–Crippen LogP) is 11.5. The van der Waals surface area contributed by atoms with Crippen LogP contribution in [0.2, 0.25) is 0 Å². The molecule has 2 fully saturated rings. The van der Waals surface area contributed by atoms with E-state index in [0.717, 1.165) is 36.2 Å². The van der Waals surface area contributed by atoms with E-state index in [1.165, 1.54) is 102 Å². The van der Waals surface area contributed by atoms with Crippen molar-refractivity contribution in [3.8, 4) is 5.75 Å². The lowest BCUT2D eigenvalue weighted by Crippen LogP contribution is -2.25. The highest BCUT2D eigenvalue weighted by atomic mass is 19.3. The van der Waals surface area contributed by atoms with Crippen LogP contribution in [0.25, 0.3) is 0 Å². The number of hydrogen-bond acceptors (Lipinski definition) is 1. The van der Waals surface area contributed by atoms with Crippen LogP contribution < -0.4 is 4.74 Å². The maximum absolute atomic E-state index is 14.6. The molecule has 0 radical (unpaired) electrons. The highest BCUT2D eigenvalue weighted by Crippen LogP contribution is 2.45. The summed E-state index contributed by atoms with van der Waals surface area (Å²) in [5.74, 6) is -2.74. The summed E-state index contributed by atoms with van der Waals surface area (Å²) in [5.41, 5.74) is 0.624. The Labute approximate surface area is 236 Å². The van der Waals surface area contributed by atoms with Crippen LogP contribution in [0.1, 0.15) is 127 Å². The van der Waals surface area contributed by atoms with Gasteiger partial charge in [0, 0.05) is 12.1 Å². The first-order valence-corrected chi connectivity index (χ1v) is 15.6. The molecule has 0 unspecified atom stereocenters. The van der Waals surface area contributed by atoms with E-state index in [4.69, 9.17) is 0 Å². The Bertz CT molecular complexity index is 1010. The number of alkyl halides is 2. The third kappa shape index (κ3) is 8.45. The second kappa shape index (κ2) is 14.7. The van der Waals surface area contributed by atoms with Crippen molar-refractivity contribution < 1.29 is 26.7 Å². The van der Waals surface area contributed by atoms with E-state index in [0.29, 0.717) is 18.1 Å². The smallest absolute Gasteiger partial charge is 0.426 e. The fourth-order valence-corrected chi connectivity index (χ4v) is 7.01. The average Bonchev–Trinajstić information content (AvgIpc) is 2.96. The van der Waals surface area contributed by atoms with Crippen LogP contribution >= 0.6 is 0 Å². The molecule has 0 saturated heterocycles. The number of halogens is 5. The highest BCUT2D eigenvalue weighted by molar-refractivity contribution is 5.30. The van der Waals surface area contributed by atoms with Crippen LogP contribution in [0, 0.1) is 35.2 Å². The zero-order chi connectivity index (χ0) is 28.5. The number of rotatable bonds is 13. The minimum Gasteiger partial charge on any atom is -0.429 e. The lowest BCUT2D eigenvalue weighted by molar-refractivity contribution is -0.185. The Hall–Kier alpha value is -2.11. The molecule has 2 aromatic carbocycles. The molecule has 2 aromatic rings. The Morgan fingerprint density at radius 1 is 0.700 bits per heavy atom. The van der Waals surface area contributed by atoms with Gasteiger partial charge in [-0.15, -0.1) is 0 Å². The molecule has 4 rings (SSSR count). The molecule has 222 valence electrons. The maximum atomic E-state index is 14.6. The third-order valence-corrected chi connectivity index (χ3v) is 9.47. The molecule has 0 aliphatic heterocycles. The second-order valence-electron chi connectivity index (χ2n) is 12.2. The molecule has 40 heavy (non-hydrogen) atoms. The molecule has 0 spiro atoms. The van der Waals surface area contributed by atoms with E-state index < -0.39 is 34.9 Å². The van der Waals surface area contributed by atoms with Gasteiger partial charge in [-0.2, -0.15) is 8.78 Å². The molecule has 0 N–H and O–H groups in total. The average molecular weight is 565 g/mol. The summed E-state index contributed by atoms with van der Waals surface area (Å²) >= 11 is 0. The van der Waals surface area contributed by atoms with E-state index >= 15 is 0 Å². The van der Waals surface area contributed by atoms with Crippen molar-refractivity contribution in [2.75, 3.05) is 0 Å². The molecule has 2 aliphatic carbocycles. The van der Waals surface area contributed by atoms with E-state index in [2.05, 4.69) is 11.7 Å². The summed E-state index contributed by atoms with van der Waals surface area (Å²) in [4.78, 5) is 0. The van der Waals surface area contributed by atoms with Gasteiger partial charge < -0.3 is 4.74 Å². The normalized spacial score (nSPS) is 23.8. The van der Waals surface area contributed by atoms with Crippen molar-refractivity contribution in [2.45, 2.75) is 122 Å². The molecule has 6 heteroatoms. The Morgan fingerprint density at radius 2 is 1.23 bits per heavy atom. The molecule has 1 nitrogen and oxygen atoms in total. The molecular weight excluding hydrogens is 519 g/mol. The summed E-state index contributed by atoms with van der Waals surface area (Å²) < 4.78 is 73.8. The van der Waals surface area contributed by atoms with Crippen LogP contribution in [0.5, 0.6) is 5.75 Å². The zero-order valence-electron chi connectivity index (χ0n) is 23.9. The molecule has 0 atom stereocenters. The molecule has 0 amide bonds. The van der Waals surface area contributed by atoms with E-state index in [1.807, 2.05) is 0 Å². The topological polar surface area (TPSA) is 9.23 Å². The van der Waals surface area contributed by atoms with Gasteiger partial charge >= 0.3 is 6.11 Å². The number of hydrogen-bond donors (Lipinski definition) is 0. The molecule has 0 heterocycles. The lowest BCUT2D eigenvalue weighted by Gasteiger charge is -2.38. The number of benzene rings is 2. The molecule has 0 bridgehead atoms. The van der Waals surface area contributed by atoms with Crippen molar-refractivity contribution in [1.29, 1.82) is 0 Å². The first-order chi connectivity index (χ1) is 19.3. The monoisotopic (exact) mass is 564 g/mol. The van der Waals surface area contributed by atoms with Gasteiger partial charge in [-0.05, 0) is 79.9 Å². The van der Waals surface area contributed by atoms with Crippen LogP contribution in [0.15, 0.2) is 36.4 Å². The van der Waals surface area contributed by atoms with Gasteiger partial charge in [0.1, 0.15) is 5.75 Å². The van der Waals surface area contributed by atoms with E-state index in [-0.39, 0.29) is 0 Å². The van der Waals surface area contributed by atoms with E-state index in [9.17, 15) is 22.0 Å². The Balaban J connectivity index is 1.19. The van der Waals surface area contributed by atoms with Crippen LogP contribution in [-0.4, -0.2) is 0 Å².